The molecule has 2 rings (SSSR count). The van der Waals surface area contributed by atoms with Crippen LogP contribution in [0.5, 0.6) is 0 Å². The number of carbonyl (C=O) groups is 1. The van der Waals surface area contributed by atoms with Crippen molar-refractivity contribution in [2.24, 2.45) is 5.92 Å². The molecule has 0 spiro atoms. The standard InChI is InChI=1S/C14H23N3O2/c1-10-13(11(2)19-15-10)9-17-7-5-12(6-8-17)14(18)16(3)4/h12H,5-9H2,1-4H3. The number of aromatic nitrogens is 1. The molecule has 1 aliphatic heterocycles. The van der Waals surface area contributed by atoms with Crippen molar-refractivity contribution in [1.29, 1.82) is 0 Å². The summed E-state index contributed by atoms with van der Waals surface area (Å²) >= 11 is 0. The SMILES string of the molecule is Cc1noc(C)c1CN1CCC(C(=O)N(C)C)CC1. The predicted octanol–water partition coefficient (Wildman–Crippen LogP) is 1.59. The maximum Gasteiger partial charge on any atom is 0.225 e. The molecule has 0 saturated carbocycles. The Bertz CT molecular complexity index is 426. The fraction of sp³-hybridized carbons (Fsp3) is 0.714. The maximum atomic E-state index is 11.9. The van der Waals surface area contributed by atoms with Crippen molar-refractivity contribution in [2.45, 2.75) is 33.2 Å². The molecular formula is C14H23N3O2. The summed E-state index contributed by atoms with van der Waals surface area (Å²) in [5.41, 5.74) is 2.17. The molecule has 1 aromatic rings. The van der Waals surface area contributed by atoms with Gasteiger partial charge in [-0.2, -0.15) is 0 Å². The van der Waals surface area contributed by atoms with E-state index in [4.69, 9.17) is 4.52 Å². The molecule has 0 bridgehead atoms. The number of hydrogen-bond acceptors (Lipinski definition) is 4. The van der Waals surface area contributed by atoms with Crippen LogP contribution in [0.2, 0.25) is 0 Å². The zero-order valence-electron chi connectivity index (χ0n) is 12.3. The van der Waals surface area contributed by atoms with Crippen molar-refractivity contribution in [3.63, 3.8) is 0 Å². The van der Waals surface area contributed by atoms with Crippen molar-refractivity contribution in [2.75, 3.05) is 27.2 Å². The van der Waals surface area contributed by atoms with Gasteiger partial charge in [-0.1, -0.05) is 5.16 Å². The van der Waals surface area contributed by atoms with Gasteiger partial charge in [0.2, 0.25) is 5.91 Å². The minimum absolute atomic E-state index is 0.191. The zero-order valence-corrected chi connectivity index (χ0v) is 12.3. The molecule has 1 aliphatic rings. The summed E-state index contributed by atoms with van der Waals surface area (Å²) in [6, 6.07) is 0. The van der Waals surface area contributed by atoms with Crippen molar-refractivity contribution in [3.8, 4) is 0 Å². The quantitative estimate of drug-likeness (QED) is 0.833. The second-order valence-electron chi connectivity index (χ2n) is 5.59. The Balaban J connectivity index is 1.89. The molecule has 5 heteroatoms. The average Bonchev–Trinajstić information content (AvgIpc) is 2.70. The lowest BCUT2D eigenvalue weighted by Gasteiger charge is -2.32. The van der Waals surface area contributed by atoms with Gasteiger partial charge in [0.25, 0.3) is 0 Å². The minimum atomic E-state index is 0.191. The van der Waals surface area contributed by atoms with Crippen LogP contribution in [0.4, 0.5) is 0 Å². The van der Waals surface area contributed by atoms with Crippen LogP contribution >= 0.6 is 0 Å². The molecule has 0 aliphatic carbocycles. The second kappa shape index (κ2) is 5.74. The molecule has 106 valence electrons. The van der Waals surface area contributed by atoms with Crippen molar-refractivity contribution >= 4 is 5.91 Å². The number of likely N-dealkylation sites (tertiary alicyclic amines) is 1. The van der Waals surface area contributed by atoms with Crippen LogP contribution in [-0.2, 0) is 11.3 Å². The van der Waals surface area contributed by atoms with Crippen LogP contribution in [0.25, 0.3) is 0 Å². The van der Waals surface area contributed by atoms with E-state index < -0.39 is 0 Å². The normalized spacial score (nSPS) is 17.7. The Morgan fingerprint density at radius 1 is 1.37 bits per heavy atom. The van der Waals surface area contributed by atoms with Gasteiger partial charge >= 0.3 is 0 Å². The third-order valence-electron chi connectivity index (χ3n) is 3.94. The zero-order chi connectivity index (χ0) is 14.0. The van der Waals surface area contributed by atoms with Gasteiger partial charge in [-0.3, -0.25) is 9.69 Å². The molecular weight excluding hydrogens is 242 g/mol. The van der Waals surface area contributed by atoms with Crippen LogP contribution in [0.3, 0.4) is 0 Å². The summed E-state index contributed by atoms with van der Waals surface area (Å²) in [7, 11) is 3.66. The van der Waals surface area contributed by atoms with Crippen LogP contribution < -0.4 is 0 Å². The smallest absolute Gasteiger partial charge is 0.225 e. The topological polar surface area (TPSA) is 49.6 Å². The number of hydrogen-bond donors (Lipinski definition) is 0. The lowest BCUT2D eigenvalue weighted by Crippen LogP contribution is -2.39. The number of amides is 1. The van der Waals surface area contributed by atoms with E-state index in [-0.39, 0.29) is 11.8 Å². The number of aryl methyl sites for hydroxylation is 2. The van der Waals surface area contributed by atoms with Crippen molar-refractivity contribution in [1.82, 2.24) is 15.0 Å². The monoisotopic (exact) mass is 265 g/mol. The largest absolute Gasteiger partial charge is 0.361 e. The minimum Gasteiger partial charge on any atom is -0.361 e. The number of piperidine rings is 1. The van der Waals surface area contributed by atoms with Gasteiger partial charge in [0.05, 0.1) is 5.69 Å². The Hall–Kier alpha value is -1.36. The first-order valence-electron chi connectivity index (χ1n) is 6.84. The Morgan fingerprint density at radius 2 is 2.00 bits per heavy atom. The van der Waals surface area contributed by atoms with Gasteiger partial charge in [0.1, 0.15) is 5.76 Å². The molecule has 0 radical (unpaired) electrons. The third kappa shape index (κ3) is 3.15. The highest BCUT2D eigenvalue weighted by atomic mass is 16.5. The molecule has 0 atom stereocenters. The molecule has 0 unspecified atom stereocenters. The highest BCUT2D eigenvalue weighted by molar-refractivity contribution is 5.78. The molecule has 0 aromatic carbocycles. The summed E-state index contributed by atoms with van der Waals surface area (Å²) in [5.74, 6) is 1.36. The van der Waals surface area contributed by atoms with E-state index in [2.05, 4.69) is 10.1 Å². The highest BCUT2D eigenvalue weighted by Gasteiger charge is 2.26. The van der Waals surface area contributed by atoms with Crippen molar-refractivity contribution < 1.29 is 9.32 Å². The van der Waals surface area contributed by atoms with Crippen LogP contribution in [0, 0.1) is 19.8 Å². The van der Waals surface area contributed by atoms with Crippen molar-refractivity contribution in [3.05, 3.63) is 17.0 Å². The maximum absolute atomic E-state index is 11.9. The molecule has 5 nitrogen and oxygen atoms in total. The average molecular weight is 265 g/mol. The number of nitrogens with zero attached hydrogens (tertiary/aromatic N) is 3. The van der Waals surface area contributed by atoms with E-state index in [0.717, 1.165) is 43.9 Å². The number of rotatable bonds is 3. The molecule has 19 heavy (non-hydrogen) atoms. The first kappa shape index (κ1) is 14.1. The lowest BCUT2D eigenvalue weighted by atomic mass is 9.95. The molecule has 1 fully saturated rings. The Kier molecular flexibility index (Phi) is 4.24. The molecule has 1 saturated heterocycles. The lowest BCUT2D eigenvalue weighted by molar-refractivity contribution is -0.134. The fourth-order valence-corrected chi connectivity index (χ4v) is 2.65. The van der Waals surface area contributed by atoms with Gasteiger partial charge in [-0.25, -0.2) is 0 Å². The summed E-state index contributed by atoms with van der Waals surface area (Å²) in [4.78, 5) is 16.0. The van der Waals surface area contributed by atoms with Gasteiger partial charge in [0.15, 0.2) is 0 Å². The summed E-state index contributed by atoms with van der Waals surface area (Å²) in [6.07, 6.45) is 1.89. The van der Waals surface area contributed by atoms with Gasteiger partial charge in [-0.05, 0) is 39.8 Å². The predicted molar refractivity (Wildman–Crippen MR) is 72.7 cm³/mol. The van der Waals surface area contributed by atoms with Crippen LogP contribution in [-0.4, -0.2) is 48.0 Å². The van der Waals surface area contributed by atoms with Crippen LogP contribution in [0.15, 0.2) is 4.52 Å². The van der Waals surface area contributed by atoms with E-state index in [9.17, 15) is 4.79 Å². The summed E-state index contributed by atoms with van der Waals surface area (Å²) in [6.45, 7) is 6.75. The van der Waals surface area contributed by atoms with E-state index >= 15 is 0 Å². The first-order valence-corrected chi connectivity index (χ1v) is 6.84. The summed E-state index contributed by atoms with van der Waals surface area (Å²) < 4.78 is 5.19. The molecule has 1 amide bonds. The second-order valence-corrected chi connectivity index (χ2v) is 5.59. The summed E-state index contributed by atoms with van der Waals surface area (Å²) in [5, 5.41) is 3.99. The Labute approximate surface area is 114 Å². The first-order chi connectivity index (χ1) is 8.99. The van der Waals surface area contributed by atoms with Gasteiger partial charge in [-0.15, -0.1) is 0 Å². The van der Waals surface area contributed by atoms with E-state index in [1.807, 2.05) is 27.9 Å². The third-order valence-corrected chi connectivity index (χ3v) is 3.94. The highest BCUT2D eigenvalue weighted by Crippen LogP contribution is 2.22. The van der Waals surface area contributed by atoms with E-state index in [1.165, 1.54) is 5.56 Å². The van der Waals surface area contributed by atoms with Gasteiger partial charge < -0.3 is 9.42 Å². The molecule has 1 aromatic heterocycles. The molecule has 2 heterocycles. The number of carbonyl (C=O) groups excluding carboxylic acids is 1. The van der Waals surface area contributed by atoms with E-state index in [0.29, 0.717) is 0 Å². The van der Waals surface area contributed by atoms with Crippen LogP contribution in [0.1, 0.15) is 29.9 Å². The fourth-order valence-electron chi connectivity index (χ4n) is 2.65. The van der Waals surface area contributed by atoms with Gasteiger partial charge in [0, 0.05) is 32.1 Å². The molecule has 0 N–H and O–H groups in total. The Morgan fingerprint density at radius 3 is 2.47 bits per heavy atom. The van der Waals surface area contributed by atoms with E-state index in [1.54, 1.807) is 4.90 Å².